The van der Waals surface area contributed by atoms with E-state index in [1.165, 1.54) is 13.3 Å². The highest BCUT2D eigenvalue weighted by atomic mass is 19.4. The summed E-state index contributed by atoms with van der Waals surface area (Å²) in [7, 11) is 3.14. The number of ether oxygens (including phenoxy) is 2. The van der Waals surface area contributed by atoms with Crippen molar-refractivity contribution < 1.29 is 22.6 Å². The Morgan fingerprint density at radius 1 is 1.39 bits per heavy atom. The Balaban J connectivity index is 2.59. The summed E-state index contributed by atoms with van der Waals surface area (Å²) in [5, 5.41) is 2.87. The number of methoxy groups -OCH3 is 1. The number of likely N-dealkylation sites (N-methyl/N-ethyl adjacent to an activating group) is 1. The molecule has 0 saturated heterocycles. The van der Waals surface area contributed by atoms with Crippen molar-refractivity contribution in [2.75, 3.05) is 27.4 Å². The first kappa shape index (κ1) is 14.7. The number of alkyl halides is 3. The van der Waals surface area contributed by atoms with E-state index in [0.29, 0.717) is 11.3 Å². The smallest absolute Gasteiger partial charge is 0.411 e. The summed E-state index contributed by atoms with van der Waals surface area (Å²) in [5.74, 6) is 0.545. The van der Waals surface area contributed by atoms with Gasteiger partial charge in [0.05, 0.1) is 26.0 Å². The van der Waals surface area contributed by atoms with Crippen molar-refractivity contribution in [3.8, 4) is 5.75 Å². The van der Waals surface area contributed by atoms with E-state index in [0.717, 1.165) is 0 Å². The van der Waals surface area contributed by atoms with Gasteiger partial charge in [0.15, 0.2) is 0 Å². The fraction of sp³-hybridized carbons (Fsp3) is 0.545. The lowest BCUT2D eigenvalue weighted by molar-refractivity contribution is -0.175. The fourth-order valence-corrected chi connectivity index (χ4v) is 1.38. The second-order valence-corrected chi connectivity index (χ2v) is 3.63. The number of nitrogens with one attached hydrogen (secondary N) is 1. The van der Waals surface area contributed by atoms with Crippen LogP contribution in [0.25, 0.3) is 0 Å². The summed E-state index contributed by atoms with van der Waals surface area (Å²) in [6.45, 7) is -1.35. The van der Waals surface area contributed by atoms with Gasteiger partial charge in [-0.25, -0.2) is 0 Å². The Bertz CT molecular complexity index is 372. The van der Waals surface area contributed by atoms with Crippen molar-refractivity contribution in [1.29, 1.82) is 0 Å². The molecule has 7 heteroatoms. The molecule has 0 aromatic carbocycles. The SMILES string of the molecule is CNC(COCC(F)(F)F)c1cncc(OC)c1. The largest absolute Gasteiger partial charge is 0.495 e. The third kappa shape index (κ3) is 4.89. The monoisotopic (exact) mass is 264 g/mol. The van der Waals surface area contributed by atoms with Gasteiger partial charge in [-0.2, -0.15) is 13.2 Å². The standard InChI is InChI=1S/C11H15F3N2O2/c1-15-10(6-18-7-11(12,13)14)8-3-9(17-2)5-16-4-8/h3-5,10,15H,6-7H2,1-2H3. The van der Waals surface area contributed by atoms with Crippen LogP contribution in [0.5, 0.6) is 5.75 Å². The highest BCUT2D eigenvalue weighted by Gasteiger charge is 2.28. The lowest BCUT2D eigenvalue weighted by Gasteiger charge is -2.17. The van der Waals surface area contributed by atoms with Gasteiger partial charge in [0.25, 0.3) is 0 Å². The second kappa shape index (κ2) is 6.55. The molecule has 1 atom stereocenters. The first-order chi connectivity index (χ1) is 8.46. The zero-order valence-electron chi connectivity index (χ0n) is 10.1. The van der Waals surface area contributed by atoms with Crippen LogP contribution in [0.4, 0.5) is 13.2 Å². The van der Waals surface area contributed by atoms with E-state index in [-0.39, 0.29) is 12.6 Å². The molecule has 0 aliphatic rings. The topological polar surface area (TPSA) is 43.4 Å². The Labute approximate surface area is 103 Å². The first-order valence-electron chi connectivity index (χ1n) is 5.27. The lowest BCUT2D eigenvalue weighted by Crippen LogP contribution is -2.25. The number of hydrogen-bond donors (Lipinski definition) is 1. The number of aromatic nitrogens is 1. The number of pyridine rings is 1. The van der Waals surface area contributed by atoms with Crippen molar-refractivity contribution in [3.63, 3.8) is 0 Å². The lowest BCUT2D eigenvalue weighted by atomic mass is 10.1. The van der Waals surface area contributed by atoms with Gasteiger partial charge < -0.3 is 14.8 Å². The average molecular weight is 264 g/mol. The van der Waals surface area contributed by atoms with Crippen LogP contribution in [-0.4, -0.2) is 38.5 Å². The van der Waals surface area contributed by atoms with Crippen molar-refractivity contribution >= 4 is 0 Å². The third-order valence-corrected chi connectivity index (χ3v) is 2.27. The summed E-state index contributed by atoms with van der Waals surface area (Å²) in [6, 6.07) is 1.33. The van der Waals surface area contributed by atoms with Crippen LogP contribution >= 0.6 is 0 Å². The van der Waals surface area contributed by atoms with E-state index >= 15 is 0 Å². The van der Waals surface area contributed by atoms with Crippen LogP contribution in [0.15, 0.2) is 18.5 Å². The molecule has 0 aliphatic carbocycles. The Kier molecular flexibility index (Phi) is 5.36. The predicted octanol–water partition coefficient (Wildman–Crippen LogP) is 1.93. The maximum atomic E-state index is 12.0. The molecule has 1 unspecified atom stereocenters. The summed E-state index contributed by atoms with van der Waals surface area (Å²) in [6.07, 6.45) is -1.24. The van der Waals surface area contributed by atoms with Crippen molar-refractivity contribution in [1.82, 2.24) is 10.3 Å². The summed E-state index contributed by atoms with van der Waals surface area (Å²) in [5.41, 5.74) is 0.707. The highest BCUT2D eigenvalue weighted by Crippen LogP contribution is 2.19. The Morgan fingerprint density at radius 2 is 2.11 bits per heavy atom. The number of nitrogens with zero attached hydrogens (tertiary/aromatic N) is 1. The Hall–Kier alpha value is -1.34. The summed E-state index contributed by atoms with van der Waals surface area (Å²) < 4.78 is 45.5. The molecule has 1 rings (SSSR count). The zero-order chi connectivity index (χ0) is 13.6. The molecule has 1 N–H and O–H groups in total. The minimum absolute atomic E-state index is 0.0924. The van der Waals surface area contributed by atoms with Gasteiger partial charge in [-0.1, -0.05) is 0 Å². The van der Waals surface area contributed by atoms with E-state index in [1.807, 2.05) is 0 Å². The molecule has 0 radical (unpaired) electrons. The van der Waals surface area contributed by atoms with Gasteiger partial charge in [0.1, 0.15) is 12.4 Å². The fourth-order valence-electron chi connectivity index (χ4n) is 1.38. The molecule has 0 bridgehead atoms. The molecular weight excluding hydrogens is 249 g/mol. The number of rotatable bonds is 6. The second-order valence-electron chi connectivity index (χ2n) is 3.63. The van der Waals surface area contributed by atoms with Gasteiger partial charge in [0.2, 0.25) is 0 Å². The maximum Gasteiger partial charge on any atom is 0.411 e. The molecule has 1 aromatic heterocycles. The molecule has 0 saturated carbocycles. The first-order valence-corrected chi connectivity index (χ1v) is 5.27. The van der Waals surface area contributed by atoms with Crippen LogP contribution in [0.2, 0.25) is 0 Å². The molecule has 0 spiro atoms. The van der Waals surface area contributed by atoms with Crippen LogP contribution in [0.3, 0.4) is 0 Å². The quantitative estimate of drug-likeness (QED) is 0.852. The van der Waals surface area contributed by atoms with Crippen molar-refractivity contribution in [3.05, 3.63) is 24.0 Å². The molecule has 0 aliphatic heterocycles. The van der Waals surface area contributed by atoms with E-state index < -0.39 is 12.8 Å². The predicted molar refractivity (Wildman–Crippen MR) is 59.5 cm³/mol. The minimum atomic E-state index is -4.31. The maximum absolute atomic E-state index is 12.0. The molecule has 1 heterocycles. The Morgan fingerprint density at radius 3 is 2.67 bits per heavy atom. The van der Waals surface area contributed by atoms with Gasteiger partial charge in [-0.05, 0) is 18.7 Å². The zero-order valence-corrected chi connectivity index (χ0v) is 10.1. The van der Waals surface area contributed by atoms with Crippen LogP contribution in [-0.2, 0) is 4.74 Å². The van der Waals surface area contributed by atoms with E-state index in [2.05, 4.69) is 15.0 Å². The van der Waals surface area contributed by atoms with Crippen LogP contribution < -0.4 is 10.1 Å². The van der Waals surface area contributed by atoms with Crippen LogP contribution in [0.1, 0.15) is 11.6 Å². The summed E-state index contributed by atoms with van der Waals surface area (Å²) in [4.78, 5) is 3.94. The van der Waals surface area contributed by atoms with E-state index in [9.17, 15) is 13.2 Å². The minimum Gasteiger partial charge on any atom is -0.495 e. The molecule has 18 heavy (non-hydrogen) atoms. The molecule has 0 amide bonds. The molecule has 4 nitrogen and oxygen atoms in total. The number of hydrogen-bond acceptors (Lipinski definition) is 4. The molecule has 102 valence electrons. The average Bonchev–Trinajstić information content (AvgIpc) is 2.33. The third-order valence-electron chi connectivity index (χ3n) is 2.27. The van der Waals surface area contributed by atoms with E-state index in [1.54, 1.807) is 19.3 Å². The number of halogens is 3. The van der Waals surface area contributed by atoms with Gasteiger partial charge in [-0.15, -0.1) is 0 Å². The molecular formula is C11H15F3N2O2. The van der Waals surface area contributed by atoms with Crippen molar-refractivity contribution in [2.24, 2.45) is 0 Å². The molecule has 0 fully saturated rings. The van der Waals surface area contributed by atoms with Gasteiger partial charge in [0, 0.05) is 6.20 Å². The normalized spacial score (nSPS) is 13.4. The van der Waals surface area contributed by atoms with Gasteiger partial charge >= 0.3 is 6.18 Å². The van der Waals surface area contributed by atoms with Gasteiger partial charge in [-0.3, -0.25) is 4.98 Å². The molecule has 1 aromatic rings. The van der Waals surface area contributed by atoms with Crippen molar-refractivity contribution in [2.45, 2.75) is 12.2 Å². The highest BCUT2D eigenvalue weighted by molar-refractivity contribution is 5.25. The summed E-state index contributed by atoms with van der Waals surface area (Å²) >= 11 is 0. The van der Waals surface area contributed by atoms with E-state index in [4.69, 9.17) is 4.74 Å². The van der Waals surface area contributed by atoms with Crippen LogP contribution in [0, 0.1) is 0 Å².